The van der Waals surface area contributed by atoms with Crippen molar-refractivity contribution in [3.05, 3.63) is 29.1 Å². The van der Waals surface area contributed by atoms with Gasteiger partial charge in [-0.05, 0) is 63.0 Å². The first-order valence-corrected chi connectivity index (χ1v) is 8.72. The molecule has 1 saturated heterocycles. The highest BCUT2D eigenvalue weighted by molar-refractivity contribution is 5.94. The predicted octanol–water partition coefficient (Wildman–Crippen LogP) is 2.67. The first kappa shape index (κ1) is 16.4. The Morgan fingerprint density at radius 1 is 1.26 bits per heavy atom. The summed E-state index contributed by atoms with van der Waals surface area (Å²) in [4.78, 5) is 14.7. The van der Waals surface area contributed by atoms with E-state index in [4.69, 9.17) is 0 Å². The van der Waals surface area contributed by atoms with E-state index < -0.39 is 0 Å². The zero-order valence-electron chi connectivity index (χ0n) is 13.8. The zero-order chi connectivity index (χ0) is 16.2. The van der Waals surface area contributed by atoms with Crippen LogP contribution in [0.2, 0.25) is 0 Å². The molecule has 0 aromatic heterocycles. The largest absolute Gasteiger partial charge is 0.322 e. The molecule has 1 aromatic rings. The van der Waals surface area contributed by atoms with Crippen molar-refractivity contribution in [1.82, 2.24) is 10.2 Å². The molecule has 1 aromatic carbocycles. The molecule has 1 amide bonds. The lowest BCUT2D eigenvalue weighted by Gasteiger charge is -2.27. The molecule has 1 fully saturated rings. The van der Waals surface area contributed by atoms with Gasteiger partial charge in [0.25, 0.3) is 0 Å². The number of carbonyl (C=O) groups excluding carboxylic acids is 1. The van der Waals surface area contributed by atoms with Crippen LogP contribution in [0.3, 0.4) is 0 Å². The summed E-state index contributed by atoms with van der Waals surface area (Å²) in [5.74, 6) is -0.375. The maximum Gasteiger partial charge on any atom is 0.241 e. The molecular weight excluding hydrogens is 293 g/mol. The second kappa shape index (κ2) is 7.41. The lowest BCUT2D eigenvalue weighted by Crippen LogP contribution is -2.42. The summed E-state index contributed by atoms with van der Waals surface area (Å²) in [6.45, 7) is 5.30. The summed E-state index contributed by atoms with van der Waals surface area (Å²) in [6.07, 6.45) is 5.42. The summed E-state index contributed by atoms with van der Waals surface area (Å²) in [5.41, 5.74) is 2.05. The van der Waals surface area contributed by atoms with Crippen LogP contribution in [-0.2, 0) is 17.8 Å². The van der Waals surface area contributed by atoms with Crippen LogP contribution in [0.15, 0.2) is 12.1 Å². The van der Waals surface area contributed by atoms with Gasteiger partial charge in [-0.1, -0.05) is 18.9 Å². The molecule has 3 rings (SSSR count). The topological polar surface area (TPSA) is 44.4 Å². The van der Waals surface area contributed by atoms with Gasteiger partial charge in [0.2, 0.25) is 5.91 Å². The molecule has 0 bridgehead atoms. The number of halogens is 1. The summed E-state index contributed by atoms with van der Waals surface area (Å²) in [5, 5.41) is 6.04. The monoisotopic (exact) mass is 319 g/mol. The number of rotatable bonds is 3. The third-order valence-electron chi connectivity index (χ3n) is 5.03. The van der Waals surface area contributed by atoms with Gasteiger partial charge in [0, 0.05) is 6.54 Å². The fourth-order valence-corrected chi connectivity index (χ4v) is 3.52. The van der Waals surface area contributed by atoms with E-state index in [2.05, 4.69) is 15.5 Å². The van der Waals surface area contributed by atoms with Crippen molar-refractivity contribution in [2.24, 2.45) is 0 Å². The van der Waals surface area contributed by atoms with E-state index >= 15 is 0 Å². The Labute approximate surface area is 137 Å². The van der Waals surface area contributed by atoms with E-state index in [9.17, 15) is 9.18 Å². The third-order valence-corrected chi connectivity index (χ3v) is 5.03. The Morgan fingerprint density at radius 2 is 2.00 bits per heavy atom. The summed E-state index contributed by atoms with van der Waals surface area (Å²) in [6, 6.07) is 3.38. The van der Waals surface area contributed by atoms with Crippen LogP contribution in [0.25, 0.3) is 0 Å². The van der Waals surface area contributed by atoms with Crippen LogP contribution in [0.5, 0.6) is 0 Å². The Hall–Kier alpha value is -1.46. The van der Waals surface area contributed by atoms with Gasteiger partial charge in [-0.2, -0.15) is 0 Å². The van der Waals surface area contributed by atoms with Gasteiger partial charge in [0.1, 0.15) is 5.82 Å². The molecule has 23 heavy (non-hydrogen) atoms. The summed E-state index contributed by atoms with van der Waals surface area (Å²) in [7, 11) is 0. The molecule has 2 heterocycles. The number of amides is 1. The van der Waals surface area contributed by atoms with Crippen molar-refractivity contribution >= 4 is 11.6 Å². The van der Waals surface area contributed by atoms with Crippen LogP contribution in [0, 0.1) is 5.82 Å². The van der Waals surface area contributed by atoms with E-state index in [0.717, 1.165) is 43.6 Å². The number of hydrogen-bond acceptors (Lipinski definition) is 3. The van der Waals surface area contributed by atoms with Crippen molar-refractivity contribution in [2.45, 2.75) is 51.6 Å². The Balaban J connectivity index is 1.69. The minimum absolute atomic E-state index is 0.111. The van der Waals surface area contributed by atoms with E-state index in [-0.39, 0.29) is 17.8 Å². The quantitative estimate of drug-likeness (QED) is 0.900. The lowest BCUT2D eigenvalue weighted by molar-refractivity contribution is -0.120. The van der Waals surface area contributed by atoms with E-state index in [1.54, 1.807) is 6.07 Å². The number of fused-ring (bicyclic) bond motifs is 1. The highest BCUT2D eigenvalue weighted by Crippen LogP contribution is 2.25. The molecule has 1 atom stereocenters. The normalized spacial score (nSPS) is 20.4. The first-order chi connectivity index (χ1) is 11.2. The van der Waals surface area contributed by atoms with Crippen molar-refractivity contribution in [2.75, 3.05) is 25.0 Å². The van der Waals surface area contributed by atoms with Crippen LogP contribution in [0.1, 0.15) is 43.7 Å². The number of benzene rings is 1. The van der Waals surface area contributed by atoms with Gasteiger partial charge < -0.3 is 10.6 Å². The van der Waals surface area contributed by atoms with Gasteiger partial charge in [0.05, 0.1) is 11.7 Å². The average molecular weight is 319 g/mol. The maximum absolute atomic E-state index is 14.6. The Kier molecular flexibility index (Phi) is 5.28. The highest BCUT2D eigenvalue weighted by atomic mass is 19.1. The highest BCUT2D eigenvalue weighted by Gasteiger charge is 2.24. The van der Waals surface area contributed by atoms with Crippen molar-refractivity contribution in [3.63, 3.8) is 0 Å². The number of hydrogen-bond donors (Lipinski definition) is 2. The Morgan fingerprint density at radius 3 is 2.74 bits per heavy atom. The van der Waals surface area contributed by atoms with Crippen LogP contribution in [0.4, 0.5) is 10.1 Å². The van der Waals surface area contributed by atoms with Crippen molar-refractivity contribution in [1.29, 1.82) is 0 Å². The molecule has 0 radical (unpaired) electrons. The zero-order valence-corrected chi connectivity index (χ0v) is 13.8. The van der Waals surface area contributed by atoms with E-state index in [1.807, 2.05) is 13.0 Å². The van der Waals surface area contributed by atoms with Gasteiger partial charge in [-0.25, -0.2) is 4.39 Å². The fourth-order valence-electron chi connectivity index (χ4n) is 3.52. The van der Waals surface area contributed by atoms with Gasteiger partial charge in [-0.3, -0.25) is 9.69 Å². The lowest BCUT2D eigenvalue weighted by atomic mass is 9.99. The number of carbonyl (C=O) groups is 1. The van der Waals surface area contributed by atoms with Crippen LogP contribution in [-0.4, -0.2) is 36.5 Å². The third kappa shape index (κ3) is 3.72. The fraction of sp³-hybridized carbons (Fsp3) is 0.611. The number of likely N-dealkylation sites (tertiary alicyclic amines) is 1. The SMILES string of the molecule is CC(C(=O)Nc1ccc2c(c1F)CCNC2)N1CCCCCC1. The molecule has 0 aliphatic carbocycles. The van der Waals surface area contributed by atoms with Crippen molar-refractivity contribution in [3.8, 4) is 0 Å². The smallest absolute Gasteiger partial charge is 0.241 e. The molecule has 1 unspecified atom stereocenters. The summed E-state index contributed by atoms with van der Waals surface area (Å²) < 4.78 is 14.6. The number of nitrogens with zero attached hydrogens (tertiary/aromatic N) is 1. The average Bonchev–Trinajstić information content (AvgIpc) is 2.86. The summed E-state index contributed by atoms with van der Waals surface area (Å²) >= 11 is 0. The molecule has 0 saturated carbocycles. The molecule has 126 valence electrons. The molecule has 4 nitrogen and oxygen atoms in total. The maximum atomic E-state index is 14.6. The van der Waals surface area contributed by atoms with E-state index in [0.29, 0.717) is 18.7 Å². The molecule has 0 spiro atoms. The minimum Gasteiger partial charge on any atom is -0.322 e. The Bertz CT molecular complexity index is 568. The molecule has 2 aliphatic rings. The second-order valence-corrected chi connectivity index (χ2v) is 6.61. The first-order valence-electron chi connectivity index (χ1n) is 8.72. The number of nitrogens with one attached hydrogen (secondary N) is 2. The number of anilines is 1. The van der Waals surface area contributed by atoms with Gasteiger partial charge in [0.15, 0.2) is 0 Å². The molecule has 2 N–H and O–H groups in total. The predicted molar refractivity (Wildman–Crippen MR) is 89.9 cm³/mol. The molecule has 2 aliphatic heterocycles. The van der Waals surface area contributed by atoms with E-state index in [1.165, 1.54) is 12.8 Å². The van der Waals surface area contributed by atoms with Crippen LogP contribution < -0.4 is 10.6 Å². The minimum atomic E-state index is -0.264. The van der Waals surface area contributed by atoms with Gasteiger partial charge >= 0.3 is 0 Å². The van der Waals surface area contributed by atoms with Crippen LogP contribution >= 0.6 is 0 Å². The second-order valence-electron chi connectivity index (χ2n) is 6.61. The molecule has 5 heteroatoms. The molecular formula is C18H26FN3O. The van der Waals surface area contributed by atoms with Crippen molar-refractivity contribution < 1.29 is 9.18 Å². The van der Waals surface area contributed by atoms with Gasteiger partial charge in [-0.15, -0.1) is 0 Å². The standard InChI is InChI=1S/C18H26FN3O/c1-13(22-10-4-2-3-5-11-22)18(23)21-16-7-6-14-12-20-9-8-15(14)17(16)19/h6-7,13,20H,2-5,8-12H2,1H3,(H,21,23).